The fraction of sp³-hybridized carbons (Fsp3) is 0.188. The molecule has 0 atom stereocenters. The van der Waals surface area contributed by atoms with Crippen molar-refractivity contribution in [3.8, 4) is 17.2 Å². The summed E-state index contributed by atoms with van der Waals surface area (Å²) in [5.41, 5.74) is 0.246. The molecule has 0 aromatic heterocycles. The van der Waals surface area contributed by atoms with Gasteiger partial charge in [0.1, 0.15) is 11.5 Å². The average molecular weight is 317 g/mol. The van der Waals surface area contributed by atoms with Gasteiger partial charge in [0, 0.05) is 6.07 Å². The second kappa shape index (κ2) is 6.78. The van der Waals surface area contributed by atoms with E-state index < -0.39 is 10.9 Å². The van der Waals surface area contributed by atoms with Gasteiger partial charge in [0.25, 0.3) is 0 Å². The molecule has 2 aromatic rings. The molecule has 0 radical (unpaired) electrons. The summed E-state index contributed by atoms with van der Waals surface area (Å²) in [4.78, 5) is 22.3. The van der Waals surface area contributed by atoms with Gasteiger partial charge in [0.15, 0.2) is 0 Å². The van der Waals surface area contributed by atoms with Crippen molar-refractivity contribution in [3.63, 3.8) is 0 Å². The summed E-state index contributed by atoms with van der Waals surface area (Å²) in [6.45, 7) is 1.62. The van der Waals surface area contributed by atoms with Crippen LogP contribution in [0.5, 0.6) is 17.2 Å². The SMILES string of the molecule is COC(=O)c1cc(C)c(Oc2ccc(OC)cc2)c([N+](=O)[O-])c1. The van der Waals surface area contributed by atoms with Crippen molar-refractivity contribution in [2.45, 2.75) is 6.92 Å². The van der Waals surface area contributed by atoms with E-state index in [4.69, 9.17) is 9.47 Å². The highest BCUT2D eigenvalue weighted by atomic mass is 16.6. The molecule has 0 saturated heterocycles. The summed E-state index contributed by atoms with van der Waals surface area (Å²) >= 11 is 0. The molecule has 0 aliphatic carbocycles. The summed E-state index contributed by atoms with van der Waals surface area (Å²) in [6.07, 6.45) is 0. The minimum atomic E-state index is -0.646. The van der Waals surface area contributed by atoms with Gasteiger partial charge in [-0.1, -0.05) is 0 Å². The third-order valence-electron chi connectivity index (χ3n) is 3.15. The fourth-order valence-electron chi connectivity index (χ4n) is 2.02. The van der Waals surface area contributed by atoms with Crippen molar-refractivity contribution in [1.29, 1.82) is 0 Å². The van der Waals surface area contributed by atoms with E-state index >= 15 is 0 Å². The molecule has 120 valence electrons. The van der Waals surface area contributed by atoms with Gasteiger partial charge in [0.05, 0.1) is 24.7 Å². The lowest BCUT2D eigenvalue weighted by atomic mass is 10.1. The van der Waals surface area contributed by atoms with Gasteiger partial charge in [-0.2, -0.15) is 0 Å². The van der Waals surface area contributed by atoms with Gasteiger partial charge in [-0.3, -0.25) is 10.1 Å². The minimum absolute atomic E-state index is 0.0767. The molecule has 0 saturated carbocycles. The van der Waals surface area contributed by atoms with Crippen molar-refractivity contribution in [2.24, 2.45) is 0 Å². The largest absolute Gasteiger partial charge is 0.497 e. The smallest absolute Gasteiger partial charge is 0.338 e. The quantitative estimate of drug-likeness (QED) is 0.476. The van der Waals surface area contributed by atoms with Crippen LogP contribution in [-0.4, -0.2) is 25.1 Å². The first-order valence-electron chi connectivity index (χ1n) is 6.65. The third-order valence-corrected chi connectivity index (χ3v) is 3.15. The molecule has 7 nitrogen and oxygen atoms in total. The van der Waals surface area contributed by atoms with E-state index in [0.717, 1.165) is 6.07 Å². The number of ether oxygens (including phenoxy) is 3. The molecule has 0 bridgehead atoms. The second-order valence-corrected chi connectivity index (χ2v) is 4.67. The number of carbonyl (C=O) groups excluding carboxylic acids is 1. The highest BCUT2D eigenvalue weighted by Crippen LogP contribution is 2.36. The Morgan fingerprint density at radius 1 is 1.09 bits per heavy atom. The van der Waals surface area contributed by atoms with Crippen LogP contribution in [0.4, 0.5) is 5.69 Å². The van der Waals surface area contributed by atoms with Crippen molar-refractivity contribution >= 4 is 11.7 Å². The fourth-order valence-corrected chi connectivity index (χ4v) is 2.02. The molecule has 0 aliphatic rings. The number of aryl methyl sites for hydroxylation is 1. The van der Waals surface area contributed by atoms with Gasteiger partial charge >= 0.3 is 11.7 Å². The zero-order chi connectivity index (χ0) is 17.0. The van der Waals surface area contributed by atoms with Crippen molar-refractivity contribution in [1.82, 2.24) is 0 Å². The number of esters is 1. The Bertz CT molecular complexity index is 739. The number of nitro benzene ring substituents is 1. The molecule has 7 heteroatoms. The van der Waals surface area contributed by atoms with Crippen LogP contribution in [0.15, 0.2) is 36.4 Å². The zero-order valence-electron chi connectivity index (χ0n) is 12.9. The number of hydrogen-bond donors (Lipinski definition) is 0. The maximum absolute atomic E-state index is 11.6. The van der Waals surface area contributed by atoms with Crippen molar-refractivity contribution in [3.05, 3.63) is 57.6 Å². The number of benzene rings is 2. The molecule has 0 N–H and O–H groups in total. The summed E-state index contributed by atoms with van der Waals surface area (Å²) in [5, 5.41) is 11.3. The Labute approximate surface area is 132 Å². The summed E-state index contributed by atoms with van der Waals surface area (Å²) in [6, 6.07) is 9.25. The normalized spacial score (nSPS) is 10.0. The number of rotatable bonds is 5. The first-order chi connectivity index (χ1) is 11.0. The number of nitro groups is 1. The number of nitrogens with zero attached hydrogens (tertiary/aromatic N) is 1. The average Bonchev–Trinajstić information content (AvgIpc) is 2.56. The zero-order valence-corrected chi connectivity index (χ0v) is 12.9. The maximum Gasteiger partial charge on any atom is 0.338 e. The summed E-state index contributed by atoms with van der Waals surface area (Å²) in [5.74, 6) is 0.493. The van der Waals surface area contributed by atoms with Crippen LogP contribution < -0.4 is 9.47 Å². The third kappa shape index (κ3) is 3.57. The Morgan fingerprint density at radius 3 is 2.22 bits per heavy atom. The second-order valence-electron chi connectivity index (χ2n) is 4.67. The highest BCUT2D eigenvalue weighted by Gasteiger charge is 2.22. The lowest BCUT2D eigenvalue weighted by molar-refractivity contribution is -0.385. The van der Waals surface area contributed by atoms with Crippen molar-refractivity contribution in [2.75, 3.05) is 14.2 Å². The van der Waals surface area contributed by atoms with Gasteiger partial charge in [-0.15, -0.1) is 0 Å². The summed E-state index contributed by atoms with van der Waals surface area (Å²) in [7, 11) is 2.75. The Balaban J connectivity index is 2.43. The minimum Gasteiger partial charge on any atom is -0.497 e. The lowest BCUT2D eigenvalue weighted by Gasteiger charge is -2.11. The van der Waals surface area contributed by atoms with Crippen LogP contribution in [0.1, 0.15) is 15.9 Å². The molecule has 0 unspecified atom stereocenters. The topological polar surface area (TPSA) is 87.9 Å². The lowest BCUT2D eigenvalue weighted by Crippen LogP contribution is -2.04. The van der Waals surface area contributed by atoms with E-state index in [9.17, 15) is 14.9 Å². The molecule has 0 spiro atoms. The van der Waals surface area contributed by atoms with Gasteiger partial charge in [-0.25, -0.2) is 4.79 Å². The number of hydrogen-bond acceptors (Lipinski definition) is 6. The summed E-state index contributed by atoms with van der Waals surface area (Å²) < 4.78 is 15.3. The van der Waals surface area contributed by atoms with Crippen LogP contribution in [0, 0.1) is 17.0 Å². The highest BCUT2D eigenvalue weighted by molar-refractivity contribution is 5.91. The molecule has 0 heterocycles. The number of carbonyl (C=O) groups is 1. The predicted molar refractivity (Wildman–Crippen MR) is 82.2 cm³/mol. The first kappa shape index (κ1) is 16.3. The van der Waals surface area contributed by atoms with E-state index in [2.05, 4.69) is 4.74 Å². The predicted octanol–water partition coefficient (Wildman–Crippen LogP) is 3.49. The van der Waals surface area contributed by atoms with Gasteiger partial charge < -0.3 is 14.2 Å². The Hall–Kier alpha value is -3.09. The van der Waals surface area contributed by atoms with E-state index in [0.29, 0.717) is 17.1 Å². The van der Waals surface area contributed by atoms with Crippen LogP contribution in [0.25, 0.3) is 0 Å². The van der Waals surface area contributed by atoms with Crippen LogP contribution in [0.2, 0.25) is 0 Å². The van der Waals surface area contributed by atoms with E-state index in [1.54, 1.807) is 31.2 Å². The molecule has 2 aromatic carbocycles. The van der Waals surface area contributed by atoms with Gasteiger partial charge in [0.2, 0.25) is 5.75 Å². The van der Waals surface area contributed by atoms with E-state index in [1.165, 1.54) is 20.3 Å². The van der Waals surface area contributed by atoms with Crippen LogP contribution >= 0.6 is 0 Å². The number of methoxy groups -OCH3 is 2. The van der Waals surface area contributed by atoms with E-state index in [1.807, 2.05) is 0 Å². The molecular formula is C16H15NO6. The molecule has 23 heavy (non-hydrogen) atoms. The van der Waals surface area contributed by atoms with E-state index in [-0.39, 0.29) is 17.0 Å². The first-order valence-corrected chi connectivity index (χ1v) is 6.65. The van der Waals surface area contributed by atoms with Gasteiger partial charge in [-0.05, 0) is 42.8 Å². The van der Waals surface area contributed by atoms with Crippen molar-refractivity contribution < 1.29 is 23.9 Å². The Morgan fingerprint density at radius 2 is 1.70 bits per heavy atom. The Kier molecular flexibility index (Phi) is 4.80. The monoisotopic (exact) mass is 317 g/mol. The molecule has 0 aliphatic heterocycles. The van der Waals surface area contributed by atoms with Crippen LogP contribution in [0.3, 0.4) is 0 Å². The molecular weight excluding hydrogens is 302 g/mol. The molecule has 0 amide bonds. The van der Waals surface area contributed by atoms with Crippen LogP contribution in [-0.2, 0) is 4.74 Å². The molecule has 2 rings (SSSR count). The maximum atomic E-state index is 11.6. The standard InChI is InChI=1S/C16H15NO6/c1-10-8-11(16(18)22-3)9-14(17(19)20)15(10)23-13-6-4-12(21-2)5-7-13/h4-9H,1-3H3. The molecule has 0 fully saturated rings.